The molecule has 2 rings (SSSR count). The van der Waals surface area contributed by atoms with Gasteiger partial charge < -0.3 is 19.8 Å². The van der Waals surface area contributed by atoms with Crippen LogP contribution in [0.15, 0.2) is 39.7 Å². The molecule has 1 unspecified atom stereocenters. The van der Waals surface area contributed by atoms with E-state index >= 15 is 0 Å². The summed E-state index contributed by atoms with van der Waals surface area (Å²) in [5.74, 6) is 0.808. The number of carbonyl (C=O) groups excluding carboxylic acids is 1. The number of furan rings is 1. The number of pyridine rings is 1. The zero-order valence-electron chi connectivity index (χ0n) is 14.0. The summed E-state index contributed by atoms with van der Waals surface area (Å²) in [4.78, 5) is 27.0. The van der Waals surface area contributed by atoms with Crippen LogP contribution in [-0.4, -0.2) is 29.1 Å². The van der Waals surface area contributed by atoms with E-state index in [1.807, 2.05) is 0 Å². The first-order valence-electron chi connectivity index (χ1n) is 8.17. The third-order valence-electron chi connectivity index (χ3n) is 3.83. The van der Waals surface area contributed by atoms with Crippen molar-refractivity contribution >= 4 is 5.91 Å². The monoisotopic (exact) mass is 332 g/mol. The maximum absolute atomic E-state index is 12.2. The van der Waals surface area contributed by atoms with Gasteiger partial charge in [0.05, 0.1) is 12.0 Å². The molecule has 0 saturated carbocycles. The Morgan fingerprint density at radius 1 is 1.33 bits per heavy atom. The van der Waals surface area contributed by atoms with Crippen molar-refractivity contribution in [3.63, 3.8) is 0 Å². The van der Waals surface area contributed by atoms with Crippen LogP contribution in [0.5, 0.6) is 0 Å². The van der Waals surface area contributed by atoms with Crippen molar-refractivity contribution < 1.29 is 14.3 Å². The van der Waals surface area contributed by atoms with E-state index < -0.39 is 11.5 Å². The van der Waals surface area contributed by atoms with E-state index in [2.05, 4.69) is 24.1 Å². The zero-order valence-corrected chi connectivity index (χ0v) is 14.0. The number of nitrogens with one attached hydrogen (secondary N) is 2. The van der Waals surface area contributed by atoms with Gasteiger partial charge in [-0.3, -0.25) is 9.59 Å². The second kappa shape index (κ2) is 8.49. The number of rotatable bonds is 8. The quantitative estimate of drug-likeness (QED) is 0.692. The van der Waals surface area contributed by atoms with Crippen molar-refractivity contribution in [1.29, 1.82) is 0 Å². The van der Waals surface area contributed by atoms with Gasteiger partial charge in [0.15, 0.2) is 0 Å². The smallest absolute Gasteiger partial charge is 0.261 e. The van der Waals surface area contributed by atoms with Crippen LogP contribution < -0.4 is 10.9 Å². The van der Waals surface area contributed by atoms with E-state index in [1.54, 1.807) is 18.2 Å². The minimum absolute atomic E-state index is 0.0672. The Hall–Kier alpha value is -2.34. The van der Waals surface area contributed by atoms with E-state index in [-0.39, 0.29) is 18.1 Å². The van der Waals surface area contributed by atoms with Crippen LogP contribution in [-0.2, 0) is 0 Å². The molecule has 3 N–H and O–H groups in total. The highest BCUT2D eigenvalue weighted by Gasteiger charge is 2.15. The first-order chi connectivity index (χ1) is 11.5. The molecule has 2 heterocycles. The SMILES string of the molecule is CC(C)CC(CCO)CNC(=O)c1ccc(-c2ccco2)[nH]c1=O. The van der Waals surface area contributed by atoms with Crippen molar-refractivity contribution in [1.82, 2.24) is 10.3 Å². The maximum atomic E-state index is 12.2. The standard InChI is InChI=1S/C18H24N2O4/c1-12(2)10-13(7-8-21)11-19-17(22)14-5-6-15(20-18(14)23)16-4-3-9-24-16/h3-6,9,12-13,21H,7-8,10-11H2,1-2H3,(H,19,22)(H,20,23). The van der Waals surface area contributed by atoms with Crippen LogP contribution in [0.3, 0.4) is 0 Å². The molecule has 0 spiro atoms. The van der Waals surface area contributed by atoms with Gasteiger partial charge in [-0.15, -0.1) is 0 Å². The highest BCUT2D eigenvalue weighted by Crippen LogP contribution is 2.16. The lowest BCUT2D eigenvalue weighted by atomic mass is 9.94. The second-order valence-corrected chi connectivity index (χ2v) is 6.31. The van der Waals surface area contributed by atoms with Crippen LogP contribution in [0, 0.1) is 11.8 Å². The van der Waals surface area contributed by atoms with E-state index in [0.29, 0.717) is 30.3 Å². The fraction of sp³-hybridized carbons (Fsp3) is 0.444. The molecule has 1 atom stereocenters. The van der Waals surface area contributed by atoms with E-state index in [1.165, 1.54) is 12.3 Å². The summed E-state index contributed by atoms with van der Waals surface area (Å²) in [7, 11) is 0. The van der Waals surface area contributed by atoms with Crippen molar-refractivity contribution in [2.45, 2.75) is 26.7 Å². The topological polar surface area (TPSA) is 95.3 Å². The Morgan fingerprint density at radius 3 is 2.71 bits per heavy atom. The fourth-order valence-corrected chi connectivity index (χ4v) is 2.71. The lowest BCUT2D eigenvalue weighted by molar-refractivity contribution is 0.0940. The first kappa shape index (κ1) is 18.0. The van der Waals surface area contributed by atoms with Gasteiger partial charge in [0.25, 0.3) is 11.5 Å². The normalized spacial score (nSPS) is 12.3. The van der Waals surface area contributed by atoms with Gasteiger partial charge >= 0.3 is 0 Å². The largest absolute Gasteiger partial charge is 0.463 e. The summed E-state index contributed by atoms with van der Waals surface area (Å²) < 4.78 is 5.22. The highest BCUT2D eigenvalue weighted by molar-refractivity contribution is 5.94. The molecule has 0 aliphatic heterocycles. The third kappa shape index (κ3) is 4.83. The second-order valence-electron chi connectivity index (χ2n) is 6.31. The molecule has 1 amide bonds. The number of aromatic amines is 1. The molecule has 0 bridgehead atoms. The molecule has 0 aromatic carbocycles. The molecule has 0 aliphatic carbocycles. The van der Waals surface area contributed by atoms with Gasteiger partial charge in [0.2, 0.25) is 0 Å². The van der Waals surface area contributed by atoms with Gasteiger partial charge in [-0.25, -0.2) is 0 Å². The highest BCUT2D eigenvalue weighted by atomic mass is 16.3. The molecule has 24 heavy (non-hydrogen) atoms. The van der Waals surface area contributed by atoms with Crippen LogP contribution in [0.1, 0.15) is 37.0 Å². The van der Waals surface area contributed by atoms with Crippen LogP contribution in [0.25, 0.3) is 11.5 Å². The molecule has 0 aliphatic rings. The van der Waals surface area contributed by atoms with E-state index in [0.717, 1.165) is 6.42 Å². The number of hydrogen-bond acceptors (Lipinski definition) is 4. The zero-order chi connectivity index (χ0) is 17.5. The van der Waals surface area contributed by atoms with Crippen molar-refractivity contribution in [3.05, 3.63) is 46.4 Å². The lowest BCUT2D eigenvalue weighted by Crippen LogP contribution is -2.34. The maximum Gasteiger partial charge on any atom is 0.261 e. The Labute approximate surface area is 140 Å². The van der Waals surface area contributed by atoms with Crippen LogP contribution >= 0.6 is 0 Å². The molecule has 2 aromatic rings. The van der Waals surface area contributed by atoms with Crippen LogP contribution in [0.4, 0.5) is 0 Å². The van der Waals surface area contributed by atoms with Gasteiger partial charge in [-0.1, -0.05) is 13.8 Å². The molecule has 130 valence electrons. The number of carbonyl (C=O) groups is 1. The summed E-state index contributed by atoms with van der Waals surface area (Å²) in [6.07, 6.45) is 3.06. The van der Waals surface area contributed by atoms with Gasteiger partial charge in [-0.05, 0) is 48.9 Å². The minimum Gasteiger partial charge on any atom is -0.463 e. The molecule has 2 aromatic heterocycles. The molecule has 0 radical (unpaired) electrons. The van der Waals surface area contributed by atoms with Crippen molar-refractivity contribution in [2.24, 2.45) is 11.8 Å². The van der Waals surface area contributed by atoms with E-state index in [4.69, 9.17) is 9.52 Å². The predicted octanol–water partition coefficient (Wildman–Crippen LogP) is 2.41. The third-order valence-corrected chi connectivity index (χ3v) is 3.83. The summed E-state index contributed by atoms with van der Waals surface area (Å²) >= 11 is 0. The minimum atomic E-state index is -0.455. The number of amides is 1. The molecular weight excluding hydrogens is 308 g/mol. The average Bonchev–Trinajstić information content (AvgIpc) is 3.06. The van der Waals surface area contributed by atoms with Crippen LogP contribution in [0.2, 0.25) is 0 Å². The van der Waals surface area contributed by atoms with Gasteiger partial charge in [-0.2, -0.15) is 0 Å². The van der Waals surface area contributed by atoms with Crippen molar-refractivity contribution in [2.75, 3.05) is 13.2 Å². The Balaban J connectivity index is 2.03. The Kier molecular flexibility index (Phi) is 6.37. The number of aliphatic hydroxyl groups is 1. The summed E-state index contributed by atoms with van der Waals surface area (Å²) in [6.45, 7) is 4.73. The van der Waals surface area contributed by atoms with E-state index in [9.17, 15) is 9.59 Å². The van der Waals surface area contributed by atoms with Crippen molar-refractivity contribution in [3.8, 4) is 11.5 Å². The molecule has 6 nitrogen and oxygen atoms in total. The van der Waals surface area contributed by atoms with Gasteiger partial charge in [0.1, 0.15) is 11.3 Å². The molecule has 6 heteroatoms. The summed E-state index contributed by atoms with van der Waals surface area (Å²) in [6, 6.07) is 6.60. The fourth-order valence-electron chi connectivity index (χ4n) is 2.71. The predicted molar refractivity (Wildman–Crippen MR) is 91.7 cm³/mol. The summed E-state index contributed by atoms with van der Waals surface area (Å²) in [5, 5.41) is 11.9. The number of aromatic nitrogens is 1. The average molecular weight is 332 g/mol. The first-order valence-corrected chi connectivity index (χ1v) is 8.17. The Morgan fingerprint density at radius 2 is 2.12 bits per heavy atom. The molecule has 0 fully saturated rings. The Bertz CT molecular complexity index is 704. The number of H-pyrrole nitrogens is 1. The number of aliphatic hydroxyl groups excluding tert-OH is 1. The molecule has 0 saturated heterocycles. The lowest BCUT2D eigenvalue weighted by Gasteiger charge is -2.18. The molecular formula is C18H24N2O4. The summed E-state index contributed by atoms with van der Waals surface area (Å²) in [5.41, 5.74) is 0.140. The number of hydrogen-bond donors (Lipinski definition) is 3. The van der Waals surface area contributed by atoms with Gasteiger partial charge in [0, 0.05) is 13.2 Å².